The van der Waals surface area contributed by atoms with E-state index in [0.29, 0.717) is 10.4 Å². The molecule has 0 aliphatic carbocycles. The number of nitrogens with zero attached hydrogens (tertiary/aromatic N) is 2. The van der Waals surface area contributed by atoms with Crippen molar-refractivity contribution < 1.29 is 0 Å². The van der Waals surface area contributed by atoms with E-state index in [2.05, 4.69) is 49.6 Å². The first-order valence-corrected chi connectivity index (χ1v) is 15.4. The molecule has 0 radical (unpaired) electrons. The number of hydrogen-bond donors (Lipinski definition) is 0. The summed E-state index contributed by atoms with van der Waals surface area (Å²) in [6.07, 6.45) is 12.9. The van der Waals surface area contributed by atoms with Crippen LogP contribution in [0.5, 0.6) is 0 Å². The third kappa shape index (κ3) is 7.42. The summed E-state index contributed by atoms with van der Waals surface area (Å²) in [5.41, 5.74) is -0.264. The smallest absolute Gasteiger partial charge is 0.201 e. The van der Waals surface area contributed by atoms with Gasteiger partial charge in [-0.25, -0.2) is 0 Å². The molecule has 0 unspecified atom stereocenters. The van der Waals surface area contributed by atoms with E-state index in [1.807, 2.05) is 12.1 Å². The van der Waals surface area contributed by atoms with Crippen LogP contribution in [-0.2, 0) is 0 Å². The number of rotatable bonds is 16. The van der Waals surface area contributed by atoms with Gasteiger partial charge in [-0.05, 0) is 62.1 Å². The Balaban J connectivity index is 1.80. The van der Waals surface area contributed by atoms with E-state index in [9.17, 15) is 9.59 Å². The molecule has 36 heavy (non-hydrogen) atoms. The summed E-state index contributed by atoms with van der Waals surface area (Å²) < 4.78 is 0. The summed E-state index contributed by atoms with van der Waals surface area (Å²) in [5.74, 6) is 0. The van der Waals surface area contributed by atoms with E-state index in [-0.39, 0.29) is 10.9 Å². The van der Waals surface area contributed by atoms with E-state index in [4.69, 9.17) is 0 Å². The van der Waals surface area contributed by atoms with Gasteiger partial charge in [-0.15, -0.1) is 22.7 Å². The largest absolute Gasteiger partial charge is 0.363 e. The molecule has 0 bridgehead atoms. The number of hydrogen-bond acceptors (Lipinski definition) is 6. The maximum atomic E-state index is 12.9. The zero-order valence-corrected chi connectivity index (χ0v) is 24.1. The minimum absolute atomic E-state index is 0.132. The topological polar surface area (TPSA) is 40.6 Å². The summed E-state index contributed by atoms with van der Waals surface area (Å²) in [6, 6.07) is 8.32. The molecule has 0 saturated heterocycles. The first-order valence-electron chi connectivity index (χ1n) is 13.7. The molecule has 0 fully saturated rings. The second kappa shape index (κ2) is 14.5. The summed E-state index contributed by atoms with van der Waals surface area (Å²) in [5, 5.41) is 3.07. The zero-order chi connectivity index (χ0) is 25.9. The molecule has 0 N–H and O–H groups in total. The predicted molar refractivity (Wildman–Crippen MR) is 160 cm³/mol. The average Bonchev–Trinajstić information content (AvgIpc) is 3.56. The Labute approximate surface area is 224 Å². The molecule has 4 nitrogen and oxygen atoms in total. The monoisotopic (exact) mass is 526 g/mol. The van der Waals surface area contributed by atoms with Crippen LogP contribution in [0, 0.1) is 0 Å². The van der Waals surface area contributed by atoms with Gasteiger partial charge in [0.15, 0.2) is 0 Å². The van der Waals surface area contributed by atoms with Crippen molar-refractivity contribution in [2.75, 3.05) is 36.0 Å². The van der Waals surface area contributed by atoms with Gasteiger partial charge < -0.3 is 9.80 Å². The number of thiophene rings is 2. The molecule has 3 rings (SSSR count). The fourth-order valence-electron chi connectivity index (χ4n) is 4.22. The Morgan fingerprint density at radius 2 is 0.917 bits per heavy atom. The summed E-state index contributed by atoms with van der Waals surface area (Å²) in [7, 11) is 0. The highest BCUT2D eigenvalue weighted by molar-refractivity contribution is 7.17. The van der Waals surface area contributed by atoms with Crippen LogP contribution in [0.4, 0.5) is 10.0 Å². The van der Waals surface area contributed by atoms with Gasteiger partial charge in [-0.2, -0.15) is 0 Å². The third-order valence-electron chi connectivity index (χ3n) is 6.53. The quantitative estimate of drug-likeness (QED) is 0.234. The predicted octanol–water partition coefficient (Wildman–Crippen LogP) is 5.88. The third-order valence-corrected chi connectivity index (χ3v) is 8.71. The summed E-state index contributed by atoms with van der Waals surface area (Å²) in [4.78, 5) is 32.5. The van der Waals surface area contributed by atoms with Gasteiger partial charge in [0.05, 0.1) is 20.4 Å². The first-order chi connectivity index (χ1) is 17.5. The van der Waals surface area contributed by atoms with E-state index in [0.717, 1.165) is 35.9 Å². The second-order valence-corrected chi connectivity index (χ2v) is 11.7. The Morgan fingerprint density at radius 1 is 0.583 bits per heavy atom. The highest BCUT2D eigenvalue weighted by atomic mass is 32.1. The minimum Gasteiger partial charge on any atom is -0.363 e. The van der Waals surface area contributed by atoms with Gasteiger partial charge >= 0.3 is 0 Å². The Morgan fingerprint density at radius 3 is 1.22 bits per heavy atom. The molecule has 6 heteroatoms. The van der Waals surface area contributed by atoms with Crippen LogP contribution in [0.25, 0.3) is 12.2 Å². The van der Waals surface area contributed by atoms with Gasteiger partial charge in [0.1, 0.15) is 0 Å². The Kier molecular flexibility index (Phi) is 11.5. The van der Waals surface area contributed by atoms with Crippen LogP contribution < -0.4 is 31.1 Å². The molecule has 0 saturated carbocycles. The standard InChI is InChI=1S/C30H42N2O2S2/c1-5-9-17-31(18-10-6-2)27-15-13-23(35-27)21-25-29(33)26(30(25)34)22-24-14-16-28(36-24)32(19-11-7-3)20-12-8-4/h13-16,21-22H,5-12,17-20H2,1-4H3. The van der Waals surface area contributed by atoms with Crippen molar-refractivity contribution in [3.8, 4) is 0 Å². The van der Waals surface area contributed by atoms with Gasteiger partial charge in [-0.1, -0.05) is 53.4 Å². The van der Waals surface area contributed by atoms with E-state index >= 15 is 0 Å². The van der Waals surface area contributed by atoms with Crippen molar-refractivity contribution in [2.24, 2.45) is 0 Å². The summed E-state index contributed by atoms with van der Waals surface area (Å²) >= 11 is 3.34. The lowest BCUT2D eigenvalue weighted by atomic mass is 10.1. The average molecular weight is 527 g/mol. The van der Waals surface area contributed by atoms with Crippen molar-refractivity contribution in [2.45, 2.75) is 79.1 Å². The van der Waals surface area contributed by atoms with Gasteiger partial charge in [-0.3, -0.25) is 9.59 Å². The minimum atomic E-state index is -0.132. The number of anilines is 2. The zero-order valence-electron chi connectivity index (χ0n) is 22.5. The van der Waals surface area contributed by atoms with Crippen molar-refractivity contribution in [1.82, 2.24) is 0 Å². The highest BCUT2D eigenvalue weighted by Gasteiger charge is 2.13. The maximum absolute atomic E-state index is 12.9. The van der Waals surface area contributed by atoms with E-state index in [1.165, 1.54) is 61.4 Å². The number of unbranched alkanes of at least 4 members (excludes halogenated alkanes) is 4. The van der Waals surface area contributed by atoms with E-state index in [1.54, 1.807) is 34.8 Å². The lowest BCUT2D eigenvalue weighted by molar-refractivity contribution is 0.682. The molecule has 1 aromatic carbocycles. The van der Waals surface area contributed by atoms with Gasteiger partial charge in [0, 0.05) is 35.9 Å². The first kappa shape index (κ1) is 28.4. The van der Waals surface area contributed by atoms with Crippen LogP contribution in [0.2, 0.25) is 0 Å². The normalized spacial score (nSPS) is 11.2. The van der Waals surface area contributed by atoms with Crippen molar-refractivity contribution >= 4 is 44.8 Å². The van der Waals surface area contributed by atoms with Crippen molar-refractivity contribution in [1.29, 1.82) is 0 Å². The fourth-order valence-corrected chi connectivity index (χ4v) is 6.22. The fraction of sp³-hybridized carbons (Fsp3) is 0.533. The molecular weight excluding hydrogens is 484 g/mol. The summed E-state index contributed by atoms with van der Waals surface area (Å²) in [6.45, 7) is 13.1. The highest BCUT2D eigenvalue weighted by Crippen LogP contribution is 2.28. The molecule has 196 valence electrons. The van der Waals surface area contributed by atoms with E-state index < -0.39 is 0 Å². The molecule has 2 heterocycles. The lowest BCUT2D eigenvalue weighted by Gasteiger charge is -2.22. The Bertz CT molecular complexity index is 1120. The molecule has 3 aromatic rings. The molecule has 0 spiro atoms. The lowest BCUT2D eigenvalue weighted by Crippen LogP contribution is -2.64. The van der Waals surface area contributed by atoms with Crippen molar-refractivity contribution in [3.63, 3.8) is 0 Å². The second-order valence-electron chi connectivity index (χ2n) is 9.51. The van der Waals surface area contributed by atoms with Crippen LogP contribution in [0.3, 0.4) is 0 Å². The maximum Gasteiger partial charge on any atom is 0.201 e. The Hall–Kier alpha value is -2.18. The van der Waals surface area contributed by atoms with Crippen LogP contribution in [0.1, 0.15) is 88.8 Å². The molecule has 0 atom stereocenters. The SMILES string of the molecule is CCCCN(CCCC)c1ccc(C=c2c(=O)c(=Cc3ccc(N(CCCC)CCCC)s3)c2=O)s1. The van der Waals surface area contributed by atoms with Crippen LogP contribution in [-0.4, -0.2) is 26.2 Å². The molecular formula is C30H42N2O2S2. The molecule has 2 aromatic heterocycles. The van der Waals surface area contributed by atoms with Crippen LogP contribution in [0.15, 0.2) is 33.9 Å². The van der Waals surface area contributed by atoms with Gasteiger partial charge in [0.2, 0.25) is 10.9 Å². The molecule has 0 amide bonds. The van der Waals surface area contributed by atoms with Crippen molar-refractivity contribution in [3.05, 3.63) is 64.9 Å². The molecule has 0 aliphatic rings. The van der Waals surface area contributed by atoms with Crippen LogP contribution >= 0.6 is 22.7 Å². The molecule has 0 aliphatic heterocycles. The van der Waals surface area contributed by atoms with Gasteiger partial charge in [0.25, 0.3) is 0 Å².